The highest BCUT2D eigenvalue weighted by Gasteiger charge is 2.16. The molecule has 1 heterocycles. The minimum atomic E-state index is -1.02. The third-order valence-electron chi connectivity index (χ3n) is 4.70. The molecular weight excluding hydrogens is 366 g/mol. The first-order valence-corrected chi connectivity index (χ1v) is 9.07. The van der Waals surface area contributed by atoms with Crippen LogP contribution in [-0.4, -0.2) is 16.1 Å². The molecule has 0 fully saturated rings. The van der Waals surface area contributed by atoms with Crippen LogP contribution in [0.5, 0.6) is 11.5 Å². The zero-order chi connectivity index (χ0) is 19.8. The average molecular weight is 381 g/mol. The molecule has 140 valence electrons. The number of carboxylic acid groups (broad SMARTS) is 1. The molecule has 0 atom stereocenters. The van der Waals surface area contributed by atoms with Gasteiger partial charge in [0.05, 0.1) is 11.1 Å². The Kier molecular flexibility index (Phi) is 3.99. The van der Waals surface area contributed by atoms with Crippen LogP contribution in [0, 0.1) is 0 Å². The van der Waals surface area contributed by atoms with Gasteiger partial charge in [0.2, 0.25) is 5.89 Å². The van der Waals surface area contributed by atoms with E-state index in [9.17, 15) is 9.90 Å². The maximum absolute atomic E-state index is 11.5. The number of hydrogen-bond donors (Lipinski definition) is 1. The third kappa shape index (κ3) is 3.19. The van der Waals surface area contributed by atoms with Crippen molar-refractivity contribution in [2.24, 2.45) is 0 Å². The van der Waals surface area contributed by atoms with Gasteiger partial charge in [-0.05, 0) is 47.2 Å². The van der Waals surface area contributed by atoms with Crippen molar-refractivity contribution in [1.82, 2.24) is 4.98 Å². The summed E-state index contributed by atoms with van der Waals surface area (Å²) >= 11 is 0. The van der Waals surface area contributed by atoms with Crippen LogP contribution in [0.1, 0.15) is 10.4 Å². The molecule has 5 nitrogen and oxygen atoms in total. The number of hydrogen-bond acceptors (Lipinski definition) is 4. The third-order valence-corrected chi connectivity index (χ3v) is 4.70. The van der Waals surface area contributed by atoms with Crippen LogP contribution >= 0.6 is 0 Å². The van der Waals surface area contributed by atoms with Crippen molar-refractivity contribution >= 4 is 27.8 Å². The molecule has 1 N–H and O–H groups in total. The first-order valence-electron chi connectivity index (χ1n) is 9.07. The summed E-state index contributed by atoms with van der Waals surface area (Å²) in [6.45, 7) is 0. The molecule has 0 aliphatic carbocycles. The van der Waals surface area contributed by atoms with Crippen molar-refractivity contribution < 1.29 is 19.1 Å². The van der Waals surface area contributed by atoms with Gasteiger partial charge in [0.25, 0.3) is 0 Å². The van der Waals surface area contributed by atoms with Gasteiger partial charge in [0, 0.05) is 6.07 Å². The number of carbonyl (C=O) groups is 1. The summed E-state index contributed by atoms with van der Waals surface area (Å²) in [7, 11) is 0. The summed E-state index contributed by atoms with van der Waals surface area (Å²) in [4.78, 5) is 15.9. The number of oxazole rings is 1. The Hall–Kier alpha value is -4.12. The van der Waals surface area contributed by atoms with E-state index in [1.165, 1.54) is 6.07 Å². The second-order valence-corrected chi connectivity index (χ2v) is 6.61. The first-order chi connectivity index (χ1) is 14.2. The van der Waals surface area contributed by atoms with Crippen LogP contribution in [0.4, 0.5) is 0 Å². The molecule has 0 bridgehead atoms. The van der Waals surface area contributed by atoms with Gasteiger partial charge in [-0.2, -0.15) is 0 Å². The molecule has 29 heavy (non-hydrogen) atoms. The Balaban J connectivity index is 1.50. The number of ether oxygens (including phenoxy) is 1. The summed E-state index contributed by atoms with van der Waals surface area (Å²) in [6, 6.07) is 26.0. The molecule has 4 aromatic carbocycles. The topological polar surface area (TPSA) is 72.6 Å². The van der Waals surface area contributed by atoms with E-state index in [4.69, 9.17) is 9.15 Å². The van der Waals surface area contributed by atoms with E-state index >= 15 is 0 Å². The van der Waals surface area contributed by atoms with Crippen molar-refractivity contribution in [2.75, 3.05) is 0 Å². The van der Waals surface area contributed by atoms with Crippen LogP contribution in [0.15, 0.2) is 89.3 Å². The Bertz CT molecular complexity index is 1370. The lowest BCUT2D eigenvalue weighted by Crippen LogP contribution is -1.98. The van der Waals surface area contributed by atoms with E-state index in [-0.39, 0.29) is 11.5 Å². The predicted octanol–water partition coefficient (Wildman–Crippen LogP) is 6.14. The number of aromatic nitrogens is 1. The highest BCUT2D eigenvalue weighted by Crippen LogP contribution is 2.31. The molecule has 0 radical (unpaired) electrons. The van der Waals surface area contributed by atoms with Crippen molar-refractivity contribution in [3.63, 3.8) is 0 Å². The largest absolute Gasteiger partial charge is 0.478 e. The van der Waals surface area contributed by atoms with E-state index in [2.05, 4.69) is 11.1 Å². The molecule has 0 aliphatic heterocycles. The SMILES string of the molecule is O=C(O)c1ccccc1-c1nc2ccc(Oc3ccc4ccccc4c3)cc2o1. The fraction of sp³-hybridized carbons (Fsp3) is 0. The first kappa shape index (κ1) is 17.0. The van der Waals surface area contributed by atoms with E-state index in [1.54, 1.807) is 30.3 Å². The Labute approximate surface area is 165 Å². The summed E-state index contributed by atoms with van der Waals surface area (Å²) in [5, 5.41) is 11.6. The molecule has 0 amide bonds. The number of benzene rings is 4. The van der Waals surface area contributed by atoms with Crippen LogP contribution in [0.2, 0.25) is 0 Å². The number of carboxylic acids is 1. The Morgan fingerprint density at radius 1 is 0.828 bits per heavy atom. The van der Waals surface area contributed by atoms with Gasteiger partial charge in [0.1, 0.15) is 17.0 Å². The number of aromatic carboxylic acids is 1. The quantitative estimate of drug-likeness (QED) is 0.405. The second-order valence-electron chi connectivity index (χ2n) is 6.61. The van der Waals surface area contributed by atoms with E-state index in [1.807, 2.05) is 42.5 Å². The fourth-order valence-corrected chi connectivity index (χ4v) is 3.31. The second kappa shape index (κ2) is 6.80. The highest BCUT2D eigenvalue weighted by atomic mass is 16.5. The molecule has 0 aliphatic rings. The molecule has 1 aromatic heterocycles. The lowest BCUT2D eigenvalue weighted by molar-refractivity contribution is 0.0697. The summed E-state index contributed by atoms with van der Waals surface area (Å²) in [5.74, 6) is 0.574. The monoisotopic (exact) mass is 381 g/mol. The van der Waals surface area contributed by atoms with Crippen molar-refractivity contribution in [2.45, 2.75) is 0 Å². The minimum absolute atomic E-state index is 0.145. The van der Waals surface area contributed by atoms with Gasteiger partial charge < -0.3 is 14.3 Å². The zero-order valence-electron chi connectivity index (χ0n) is 15.2. The smallest absolute Gasteiger partial charge is 0.336 e. The Morgan fingerprint density at radius 3 is 2.41 bits per heavy atom. The normalized spacial score (nSPS) is 11.0. The summed E-state index contributed by atoms with van der Waals surface area (Å²) < 4.78 is 11.8. The van der Waals surface area contributed by atoms with Crippen molar-refractivity contribution in [3.05, 3.63) is 90.5 Å². The lowest BCUT2D eigenvalue weighted by atomic mass is 10.1. The van der Waals surface area contributed by atoms with Crippen molar-refractivity contribution in [3.8, 4) is 23.0 Å². The lowest BCUT2D eigenvalue weighted by Gasteiger charge is -2.06. The predicted molar refractivity (Wildman–Crippen MR) is 110 cm³/mol. The van der Waals surface area contributed by atoms with E-state index in [0.29, 0.717) is 22.4 Å². The Morgan fingerprint density at radius 2 is 1.55 bits per heavy atom. The molecule has 5 heteroatoms. The van der Waals surface area contributed by atoms with Gasteiger partial charge in [-0.3, -0.25) is 0 Å². The van der Waals surface area contributed by atoms with Crippen molar-refractivity contribution in [1.29, 1.82) is 0 Å². The molecule has 0 saturated carbocycles. The standard InChI is InChI=1S/C24H15NO4/c26-24(27)20-8-4-3-7-19(20)23-25-21-12-11-18(14-22(21)29-23)28-17-10-9-15-5-1-2-6-16(15)13-17/h1-14H,(H,26,27). The van der Waals surface area contributed by atoms with Gasteiger partial charge in [-0.25, -0.2) is 9.78 Å². The molecule has 0 saturated heterocycles. The maximum atomic E-state index is 11.5. The van der Waals surface area contributed by atoms with E-state index < -0.39 is 5.97 Å². The van der Waals surface area contributed by atoms with Gasteiger partial charge in [-0.1, -0.05) is 42.5 Å². The van der Waals surface area contributed by atoms with Gasteiger partial charge in [-0.15, -0.1) is 0 Å². The van der Waals surface area contributed by atoms with Crippen LogP contribution in [0.3, 0.4) is 0 Å². The minimum Gasteiger partial charge on any atom is -0.478 e. The summed E-state index contributed by atoms with van der Waals surface area (Å²) in [6.07, 6.45) is 0. The molecule has 0 unspecified atom stereocenters. The molecule has 0 spiro atoms. The highest BCUT2D eigenvalue weighted by molar-refractivity contribution is 5.95. The number of rotatable bonds is 4. The zero-order valence-corrected chi connectivity index (χ0v) is 15.2. The average Bonchev–Trinajstić information content (AvgIpc) is 3.17. The summed E-state index contributed by atoms with van der Waals surface area (Å²) in [5.41, 5.74) is 1.74. The van der Waals surface area contributed by atoms with E-state index in [0.717, 1.165) is 16.5 Å². The number of fused-ring (bicyclic) bond motifs is 2. The van der Waals surface area contributed by atoms with Gasteiger partial charge >= 0.3 is 5.97 Å². The van der Waals surface area contributed by atoms with Crippen LogP contribution < -0.4 is 4.74 Å². The van der Waals surface area contributed by atoms with Crippen LogP contribution in [0.25, 0.3) is 33.3 Å². The molecule has 5 aromatic rings. The molecular formula is C24H15NO4. The molecule has 5 rings (SSSR count). The maximum Gasteiger partial charge on any atom is 0.336 e. The number of nitrogens with zero attached hydrogens (tertiary/aromatic N) is 1. The van der Waals surface area contributed by atoms with Gasteiger partial charge in [0.15, 0.2) is 5.58 Å². The fourth-order valence-electron chi connectivity index (χ4n) is 3.31. The van der Waals surface area contributed by atoms with Crippen LogP contribution in [-0.2, 0) is 0 Å².